The fourth-order valence-electron chi connectivity index (χ4n) is 4.32. The Labute approximate surface area is 170 Å². The summed E-state index contributed by atoms with van der Waals surface area (Å²) in [4.78, 5) is 25.6. The number of fused-ring (bicyclic) bond motifs is 2. The summed E-state index contributed by atoms with van der Waals surface area (Å²) in [6.07, 6.45) is 3.16. The minimum atomic E-state index is -0.715. The molecule has 4 rings (SSSR count). The molecule has 0 saturated heterocycles. The van der Waals surface area contributed by atoms with Gasteiger partial charge < -0.3 is 10.1 Å². The lowest BCUT2D eigenvalue weighted by molar-refractivity contribution is -0.145. The summed E-state index contributed by atoms with van der Waals surface area (Å²) in [6.45, 7) is 0. The van der Waals surface area contributed by atoms with Gasteiger partial charge in [0.1, 0.15) is 6.04 Å². The Morgan fingerprint density at radius 3 is 2.66 bits per heavy atom. The zero-order valence-corrected chi connectivity index (χ0v) is 16.6. The number of benzene rings is 3. The normalized spacial score (nSPS) is 16.7. The first kappa shape index (κ1) is 19.2. The number of hydrogen-bond acceptors (Lipinski definition) is 3. The molecule has 148 valence electrons. The van der Waals surface area contributed by atoms with Crippen molar-refractivity contribution in [3.63, 3.8) is 0 Å². The number of aryl methyl sites for hydroxylation is 1. The van der Waals surface area contributed by atoms with Gasteiger partial charge in [-0.25, -0.2) is 4.79 Å². The van der Waals surface area contributed by atoms with Crippen molar-refractivity contribution in [1.82, 2.24) is 5.32 Å². The second-order valence-corrected chi connectivity index (χ2v) is 7.57. The van der Waals surface area contributed by atoms with Crippen molar-refractivity contribution in [1.29, 1.82) is 0 Å². The van der Waals surface area contributed by atoms with Gasteiger partial charge in [0, 0.05) is 6.42 Å². The third-order valence-electron chi connectivity index (χ3n) is 5.79. The quantitative estimate of drug-likeness (QED) is 0.669. The molecule has 1 amide bonds. The van der Waals surface area contributed by atoms with Crippen molar-refractivity contribution >= 4 is 22.6 Å². The molecular formula is C25H25NO3. The average molecular weight is 387 g/mol. The zero-order chi connectivity index (χ0) is 20.2. The van der Waals surface area contributed by atoms with Crippen LogP contribution in [0, 0.1) is 0 Å². The molecule has 3 aromatic rings. The van der Waals surface area contributed by atoms with Crippen LogP contribution in [-0.2, 0) is 27.2 Å². The monoisotopic (exact) mass is 387 g/mol. The van der Waals surface area contributed by atoms with Crippen LogP contribution in [0.3, 0.4) is 0 Å². The molecule has 1 aliphatic rings. The maximum absolute atomic E-state index is 13.1. The molecule has 2 atom stereocenters. The van der Waals surface area contributed by atoms with E-state index in [1.54, 1.807) is 0 Å². The average Bonchev–Trinajstić information content (AvgIpc) is 2.77. The van der Waals surface area contributed by atoms with Gasteiger partial charge in [-0.15, -0.1) is 0 Å². The maximum Gasteiger partial charge on any atom is 0.328 e. The second-order valence-electron chi connectivity index (χ2n) is 7.57. The summed E-state index contributed by atoms with van der Waals surface area (Å²) < 4.78 is 5.00. The van der Waals surface area contributed by atoms with Crippen LogP contribution in [0.4, 0.5) is 0 Å². The Morgan fingerprint density at radius 1 is 1.03 bits per heavy atom. The number of carbonyl (C=O) groups excluding carboxylic acids is 2. The Balaban J connectivity index is 1.58. The number of rotatable bonds is 5. The summed E-state index contributed by atoms with van der Waals surface area (Å²) in [5.41, 5.74) is 3.32. The third-order valence-corrected chi connectivity index (χ3v) is 5.79. The third kappa shape index (κ3) is 4.02. The first-order valence-electron chi connectivity index (χ1n) is 10.1. The number of amides is 1. The van der Waals surface area contributed by atoms with Crippen LogP contribution in [0.5, 0.6) is 0 Å². The van der Waals surface area contributed by atoms with E-state index in [1.807, 2.05) is 60.7 Å². The van der Waals surface area contributed by atoms with E-state index in [4.69, 9.17) is 4.74 Å². The minimum Gasteiger partial charge on any atom is -0.467 e. The summed E-state index contributed by atoms with van der Waals surface area (Å²) in [7, 11) is 1.36. The molecule has 4 heteroatoms. The van der Waals surface area contributed by atoms with E-state index in [9.17, 15) is 9.59 Å². The summed E-state index contributed by atoms with van der Waals surface area (Å²) in [5.74, 6) is -0.747. The van der Waals surface area contributed by atoms with Crippen LogP contribution in [0.2, 0.25) is 0 Å². The lowest BCUT2D eigenvalue weighted by Crippen LogP contribution is -2.45. The predicted octanol–water partition coefficient (Wildman–Crippen LogP) is 4.16. The molecular weight excluding hydrogens is 362 g/mol. The molecule has 0 aromatic heterocycles. The van der Waals surface area contributed by atoms with Gasteiger partial charge in [-0.05, 0) is 46.7 Å². The number of hydrogen-bond donors (Lipinski definition) is 1. The molecule has 4 nitrogen and oxygen atoms in total. The van der Waals surface area contributed by atoms with Crippen LogP contribution in [-0.4, -0.2) is 25.0 Å². The van der Waals surface area contributed by atoms with Gasteiger partial charge in [0.05, 0.1) is 13.0 Å². The van der Waals surface area contributed by atoms with Gasteiger partial charge in [0.25, 0.3) is 0 Å². The van der Waals surface area contributed by atoms with Crippen molar-refractivity contribution in [2.24, 2.45) is 0 Å². The molecule has 0 spiro atoms. The second kappa shape index (κ2) is 8.48. The number of nitrogens with one attached hydrogen (secondary N) is 1. The molecule has 0 bridgehead atoms. The number of carbonyl (C=O) groups is 2. The van der Waals surface area contributed by atoms with Gasteiger partial charge in [-0.1, -0.05) is 66.7 Å². The zero-order valence-electron chi connectivity index (χ0n) is 16.6. The molecule has 3 aromatic carbocycles. The van der Waals surface area contributed by atoms with E-state index in [0.717, 1.165) is 41.2 Å². The van der Waals surface area contributed by atoms with Crippen molar-refractivity contribution in [2.75, 3.05) is 7.11 Å². The smallest absolute Gasteiger partial charge is 0.328 e. The first-order valence-corrected chi connectivity index (χ1v) is 10.1. The lowest BCUT2D eigenvalue weighted by atomic mass is 9.82. The number of ether oxygens (including phenoxy) is 1. The predicted molar refractivity (Wildman–Crippen MR) is 114 cm³/mol. The highest BCUT2D eigenvalue weighted by Gasteiger charge is 2.30. The van der Waals surface area contributed by atoms with Gasteiger partial charge in [-0.3, -0.25) is 4.79 Å². The van der Waals surface area contributed by atoms with E-state index in [-0.39, 0.29) is 11.8 Å². The van der Waals surface area contributed by atoms with Crippen LogP contribution in [0.1, 0.15) is 35.4 Å². The molecule has 0 aliphatic heterocycles. The van der Waals surface area contributed by atoms with Crippen LogP contribution < -0.4 is 5.32 Å². The molecule has 1 unspecified atom stereocenters. The van der Waals surface area contributed by atoms with Crippen molar-refractivity contribution in [3.05, 3.63) is 83.4 Å². The fourth-order valence-corrected chi connectivity index (χ4v) is 4.32. The molecule has 1 aliphatic carbocycles. The topological polar surface area (TPSA) is 55.4 Å². The highest BCUT2D eigenvalue weighted by atomic mass is 16.5. The van der Waals surface area contributed by atoms with E-state index in [0.29, 0.717) is 6.42 Å². The lowest BCUT2D eigenvalue weighted by Gasteiger charge is -2.26. The molecule has 0 fully saturated rings. The summed E-state index contributed by atoms with van der Waals surface area (Å²) in [6, 6.07) is 21.5. The first-order chi connectivity index (χ1) is 14.2. The molecule has 29 heavy (non-hydrogen) atoms. The molecule has 0 saturated carbocycles. The number of esters is 1. The van der Waals surface area contributed by atoms with Gasteiger partial charge in [0.15, 0.2) is 0 Å². The molecule has 1 N–H and O–H groups in total. The standard InChI is InChI=1S/C25H25NO3/c1-29-25(28)23(16-19-12-6-10-17-8-2-4-13-20(17)19)26-24(27)22-15-7-11-18-9-3-5-14-21(18)22/h2-6,8-10,12-14,22-23H,7,11,15-16H2,1H3,(H,26,27)/t22?,23-/m0/s1. The van der Waals surface area contributed by atoms with Crippen molar-refractivity contribution in [2.45, 2.75) is 37.6 Å². The maximum atomic E-state index is 13.1. The van der Waals surface area contributed by atoms with Crippen LogP contribution in [0.15, 0.2) is 66.7 Å². The Bertz CT molecular complexity index is 1040. The van der Waals surface area contributed by atoms with Crippen molar-refractivity contribution < 1.29 is 14.3 Å². The Hall–Kier alpha value is -3.14. The Kier molecular flexibility index (Phi) is 5.61. The molecule has 0 heterocycles. The number of methoxy groups -OCH3 is 1. The minimum absolute atomic E-state index is 0.104. The largest absolute Gasteiger partial charge is 0.467 e. The SMILES string of the molecule is COC(=O)[C@H](Cc1cccc2ccccc12)NC(=O)C1CCCc2ccccc21. The van der Waals surface area contributed by atoms with Crippen LogP contribution >= 0.6 is 0 Å². The van der Waals surface area contributed by atoms with Gasteiger partial charge >= 0.3 is 5.97 Å². The Morgan fingerprint density at radius 2 is 1.79 bits per heavy atom. The van der Waals surface area contributed by atoms with E-state index in [1.165, 1.54) is 12.7 Å². The molecule has 0 radical (unpaired) electrons. The van der Waals surface area contributed by atoms with Crippen molar-refractivity contribution in [3.8, 4) is 0 Å². The fraction of sp³-hybridized carbons (Fsp3) is 0.280. The van der Waals surface area contributed by atoms with Gasteiger partial charge in [0.2, 0.25) is 5.91 Å². The van der Waals surface area contributed by atoms with E-state index < -0.39 is 12.0 Å². The van der Waals surface area contributed by atoms with Gasteiger partial charge in [-0.2, -0.15) is 0 Å². The van der Waals surface area contributed by atoms with Crippen LogP contribution in [0.25, 0.3) is 10.8 Å². The highest BCUT2D eigenvalue weighted by molar-refractivity contribution is 5.90. The summed E-state index contributed by atoms with van der Waals surface area (Å²) in [5, 5.41) is 5.17. The highest BCUT2D eigenvalue weighted by Crippen LogP contribution is 2.31. The van der Waals surface area contributed by atoms with E-state index in [2.05, 4.69) is 11.4 Å². The van der Waals surface area contributed by atoms with E-state index >= 15 is 0 Å². The summed E-state index contributed by atoms with van der Waals surface area (Å²) >= 11 is 0.